The molecule has 248 valence electrons. The van der Waals surface area contributed by atoms with Gasteiger partial charge in [-0.05, 0) is 91.3 Å². The number of benzene rings is 2. The van der Waals surface area contributed by atoms with Gasteiger partial charge in [-0.2, -0.15) is 0 Å². The highest BCUT2D eigenvalue weighted by Crippen LogP contribution is 2.47. The van der Waals surface area contributed by atoms with Gasteiger partial charge in [0.2, 0.25) is 5.91 Å². The quantitative estimate of drug-likeness (QED) is 0.345. The third-order valence-electron chi connectivity index (χ3n) is 10.6. The van der Waals surface area contributed by atoms with E-state index < -0.39 is 23.9 Å². The minimum Gasteiger partial charge on any atom is -0.490 e. The Balaban J connectivity index is 1.44. The van der Waals surface area contributed by atoms with Crippen LogP contribution in [0, 0.1) is 11.8 Å². The Morgan fingerprint density at radius 2 is 2.02 bits per heavy atom. The summed E-state index contributed by atoms with van der Waals surface area (Å²) in [7, 11) is 3.31. The molecule has 4 aliphatic rings. The summed E-state index contributed by atoms with van der Waals surface area (Å²) in [6, 6.07) is 11.2. The van der Waals surface area contributed by atoms with Gasteiger partial charge in [-0.15, -0.1) is 0 Å². The van der Waals surface area contributed by atoms with Crippen molar-refractivity contribution in [2.75, 3.05) is 58.5 Å². The van der Waals surface area contributed by atoms with E-state index in [-0.39, 0.29) is 17.1 Å². The molecule has 2 aliphatic heterocycles. The number of carboxylic acid groups (broad SMARTS) is 1. The number of aliphatic hydroxyl groups is 1. The zero-order valence-electron chi connectivity index (χ0n) is 26.8. The van der Waals surface area contributed by atoms with Crippen molar-refractivity contribution in [3.63, 3.8) is 0 Å². The number of ether oxygens (including phenoxy) is 3. The van der Waals surface area contributed by atoms with E-state index in [1.807, 2.05) is 12.1 Å². The molecule has 1 amide bonds. The number of carbonyl (C=O) groups excluding carboxylic acids is 1. The largest absolute Gasteiger partial charge is 0.490 e. The highest BCUT2D eigenvalue weighted by Gasteiger charge is 2.46. The molecule has 2 bridgehead atoms. The topological polar surface area (TPSA) is 109 Å². The van der Waals surface area contributed by atoms with Crippen LogP contribution in [-0.4, -0.2) is 86.7 Å². The average Bonchev–Trinajstić information content (AvgIpc) is 3.17. The van der Waals surface area contributed by atoms with Gasteiger partial charge < -0.3 is 34.2 Å². The average molecular weight is 653 g/mol. The summed E-state index contributed by atoms with van der Waals surface area (Å²) in [5, 5.41) is 22.6. The Morgan fingerprint density at radius 1 is 1.17 bits per heavy atom. The van der Waals surface area contributed by atoms with Crippen LogP contribution in [0.3, 0.4) is 0 Å². The Kier molecular flexibility index (Phi) is 9.67. The molecule has 1 fully saturated rings. The summed E-state index contributed by atoms with van der Waals surface area (Å²) >= 11 is 6.43. The van der Waals surface area contributed by atoms with Gasteiger partial charge in [-0.3, -0.25) is 4.79 Å². The molecule has 1 saturated carbocycles. The zero-order chi connectivity index (χ0) is 32.5. The number of aliphatic carboxylic acids is 1. The van der Waals surface area contributed by atoms with Crippen molar-refractivity contribution in [2.45, 2.75) is 62.1 Å². The Hall–Kier alpha value is -3.11. The van der Waals surface area contributed by atoms with Crippen LogP contribution in [0.2, 0.25) is 5.02 Å². The number of rotatable bonds is 5. The van der Waals surface area contributed by atoms with Crippen molar-refractivity contribution in [1.82, 2.24) is 4.90 Å². The minimum absolute atomic E-state index is 0.0829. The normalized spacial score (nSPS) is 30.4. The van der Waals surface area contributed by atoms with Crippen LogP contribution >= 0.6 is 11.6 Å². The van der Waals surface area contributed by atoms with Gasteiger partial charge in [0.05, 0.1) is 38.0 Å². The fraction of sp³-hybridized carbons (Fsp3) is 0.556. The van der Waals surface area contributed by atoms with E-state index in [1.54, 1.807) is 32.4 Å². The number of hydrogen-bond donors (Lipinski definition) is 2. The molecule has 9 nitrogen and oxygen atoms in total. The standard InChI is InChI=1S/C36H45ClN2O7/c1-38-15-4-3-7-31(45-17-16-44-2)28-11-8-25(28)21-39-22-35(14-5-6-24-18-27(37)10-12-29(24)35)23-46-32-13-9-26(19-30(32)39)36(43,34(41)42)20-33(38)40/h3,7,9-10,12-13,18-19,25,28,31,43H,4-6,8,11,14-17,20-23H2,1-2H3,(H,41,42)/b7-3+/t25-,28+,31-,35-,36+/m0/s1. The molecule has 46 heavy (non-hydrogen) atoms. The molecular formula is C36H45ClN2O7. The van der Waals surface area contributed by atoms with Crippen LogP contribution in [0.1, 0.15) is 55.2 Å². The van der Waals surface area contributed by atoms with Crippen molar-refractivity contribution in [1.29, 1.82) is 0 Å². The summed E-state index contributed by atoms with van der Waals surface area (Å²) in [6.45, 7) is 3.25. The molecule has 2 aromatic rings. The first-order valence-electron chi connectivity index (χ1n) is 16.4. The number of anilines is 1. The van der Waals surface area contributed by atoms with Crippen LogP contribution < -0.4 is 9.64 Å². The van der Waals surface area contributed by atoms with E-state index >= 15 is 0 Å². The first kappa shape index (κ1) is 32.8. The van der Waals surface area contributed by atoms with E-state index in [0.717, 1.165) is 49.4 Å². The molecule has 10 heteroatoms. The first-order chi connectivity index (χ1) is 22.1. The molecule has 0 saturated heterocycles. The molecule has 0 unspecified atom stereocenters. The van der Waals surface area contributed by atoms with Crippen LogP contribution in [0.25, 0.3) is 0 Å². The van der Waals surface area contributed by atoms with Crippen molar-refractivity contribution in [3.8, 4) is 5.75 Å². The first-order valence-corrected chi connectivity index (χ1v) is 16.8. The second kappa shape index (κ2) is 13.6. The molecule has 2 aliphatic carbocycles. The number of fused-ring (bicyclic) bond motifs is 4. The van der Waals surface area contributed by atoms with E-state index in [0.29, 0.717) is 56.9 Å². The SMILES string of the molecule is COCCO[C@H]1/C=C/CCN(C)C(=O)C[C@](O)(C(=O)O)c2ccc3c(c2)N(C[C@@H]2CC[C@H]21)C[C@@]1(CCCc2cc(Cl)ccc21)CO3. The van der Waals surface area contributed by atoms with Crippen LogP contribution in [-0.2, 0) is 36.5 Å². The number of nitrogens with zero attached hydrogens (tertiary/aromatic N) is 2. The molecule has 0 radical (unpaired) electrons. The highest BCUT2D eigenvalue weighted by molar-refractivity contribution is 6.30. The van der Waals surface area contributed by atoms with Gasteiger partial charge >= 0.3 is 5.97 Å². The van der Waals surface area contributed by atoms with Crippen LogP contribution in [0.5, 0.6) is 5.75 Å². The second-order valence-electron chi connectivity index (χ2n) is 13.5. The maximum absolute atomic E-state index is 13.3. The molecule has 2 N–H and O–H groups in total. The lowest BCUT2D eigenvalue weighted by atomic mass is 9.68. The predicted octanol–water partition coefficient (Wildman–Crippen LogP) is 4.95. The second-order valence-corrected chi connectivity index (χ2v) is 13.9. The summed E-state index contributed by atoms with van der Waals surface area (Å²) in [5.74, 6) is -0.645. The highest BCUT2D eigenvalue weighted by atomic mass is 35.5. The monoisotopic (exact) mass is 652 g/mol. The van der Waals surface area contributed by atoms with Crippen LogP contribution in [0.15, 0.2) is 48.6 Å². The van der Waals surface area contributed by atoms with Gasteiger partial charge in [0.1, 0.15) is 5.75 Å². The summed E-state index contributed by atoms with van der Waals surface area (Å²) < 4.78 is 18.2. The Labute approximate surface area is 276 Å². The lowest BCUT2D eigenvalue weighted by Crippen LogP contribution is -2.50. The molecule has 2 heterocycles. The number of aryl methyl sites for hydroxylation is 1. The van der Waals surface area contributed by atoms with E-state index in [9.17, 15) is 19.8 Å². The maximum Gasteiger partial charge on any atom is 0.340 e. The van der Waals surface area contributed by atoms with Crippen LogP contribution in [0.4, 0.5) is 5.69 Å². The molecule has 1 spiro atoms. The van der Waals surface area contributed by atoms with E-state index in [4.69, 9.17) is 25.8 Å². The third kappa shape index (κ3) is 6.39. The number of hydrogen-bond acceptors (Lipinski definition) is 7. The summed E-state index contributed by atoms with van der Waals surface area (Å²) in [4.78, 5) is 29.7. The lowest BCUT2D eigenvalue weighted by Gasteiger charge is -2.46. The number of carbonyl (C=O) groups is 2. The maximum atomic E-state index is 13.3. The minimum atomic E-state index is -2.39. The summed E-state index contributed by atoms with van der Waals surface area (Å²) in [6.07, 6.45) is 9.08. The predicted molar refractivity (Wildman–Crippen MR) is 176 cm³/mol. The van der Waals surface area contributed by atoms with Gasteiger partial charge in [0.25, 0.3) is 0 Å². The summed E-state index contributed by atoms with van der Waals surface area (Å²) in [5.41, 5.74) is 0.696. The van der Waals surface area contributed by atoms with Crippen molar-refractivity contribution in [2.24, 2.45) is 11.8 Å². The van der Waals surface area contributed by atoms with E-state index in [2.05, 4.69) is 23.1 Å². The Morgan fingerprint density at radius 3 is 2.78 bits per heavy atom. The van der Waals surface area contributed by atoms with Crippen molar-refractivity contribution < 1.29 is 34.0 Å². The molecule has 5 atom stereocenters. The lowest BCUT2D eigenvalue weighted by molar-refractivity contribution is -0.164. The zero-order valence-corrected chi connectivity index (χ0v) is 27.5. The fourth-order valence-corrected chi connectivity index (χ4v) is 7.97. The Bertz CT molecular complexity index is 1480. The molecule has 0 aromatic heterocycles. The molecular weight excluding hydrogens is 608 g/mol. The van der Waals surface area contributed by atoms with Gasteiger partial charge in [0.15, 0.2) is 5.60 Å². The number of carboxylic acids is 1. The third-order valence-corrected chi connectivity index (χ3v) is 10.8. The van der Waals surface area contributed by atoms with Crippen molar-refractivity contribution in [3.05, 3.63) is 70.3 Å². The van der Waals surface area contributed by atoms with Gasteiger partial charge in [-0.1, -0.05) is 35.9 Å². The smallest absolute Gasteiger partial charge is 0.340 e. The number of halogens is 1. The van der Waals surface area contributed by atoms with Gasteiger partial charge in [0, 0.05) is 44.2 Å². The number of methoxy groups -OCH3 is 1. The van der Waals surface area contributed by atoms with Gasteiger partial charge in [-0.25, -0.2) is 4.79 Å². The van der Waals surface area contributed by atoms with E-state index in [1.165, 1.54) is 16.0 Å². The molecule has 6 rings (SSSR count). The number of amides is 1. The fourth-order valence-electron chi connectivity index (χ4n) is 7.78. The molecule has 2 aromatic carbocycles. The van der Waals surface area contributed by atoms with Crippen molar-refractivity contribution >= 4 is 29.2 Å².